The third-order valence-electron chi connectivity index (χ3n) is 4.30. The zero-order valence-corrected chi connectivity index (χ0v) is 12.9. The standard InChI is InChI=1S/C16H22F2N2O2/c1-10(13-4-3-5-14(17)15(13)18)19-16(22)20-8-6-12(7-9-20)11(2)21/h3-5,10-12,21H,6-9H2,1-2H3,(H,19,22). The first-order valence-corrected chi connectivity index (χ1v) is 7.57. The van der Waals surface area contributed by atoms with Gasteiger partial charge in [-0.2, -0.15) is 0 Å². The lowest BCUT2D eigenvalue weighted by molar-refractivity contribution is 0.0794. The summed E-state index contributed by atoms with van der Waals surface area (Å²) >= 11 is 0. The lowest BCUT2D eigenvalue weighted by atomic mass is 9.92. The third-order valence-corrected chi connectivity index (χ3v) is 4.30. The quantitative estimate of drug-likeness (QED) is 0.902. The monoisotopic (exact) mass is 312 g/mol. The number of rotatable bonds is 3. The fraction of sp³-hybridized carbons (Fsp3) is 0.562. The van der Waals surface area contributed by atoms with Crippen molar-refractivity contribution in [3.63, 3.8) is 0 Å². The molecule has 1 aromatic carbocycles. The van der Waals surface area contributed by atoms with E-state index in [0.29, 0.717) is 13.1 Å². The topological polar surface area (TPSA) is 52.6 Å². The molecule has 0 bridgehead atoms. The Bertz CT molecular complexity index is 529. The van der Waals surface area contributed by atoms with Gasteiger partial charge in [0, 0.05) is 18.7 Å². The number of aliphatic hydroxyl groups is 1. The molecule has 1 heterocycles. The minimum Gasteiger partial charge on any atom is -0.393 e. The van der Waals surface area contributed by atoms with E-state index in [4.69, 9.17) is 0 Å². The van der Waals surface area contributed by atoms with Gasteiger partial charge in [-0.1, -0.05) is 12.1 Å². The molecule has 0 aliphatic carbocycles. The summed E-state index contributed by atoms with van der Waals surface area (Å²) in [6, 6.07) is 3.03. The summed E-state index contributed by atoms with van der Waals surface area (Å²) in [5.74, 6) is -1.64. The lowest BCUT2D eigenvalue weighted by Crippen LogP contribution is -2.46. The van der Waals surface area contributed by atoms with E-state index in [9.17, 15) is 18.7 Å². The number of hydrogen-bond acceptors (Lipinski definition) is 2. The smallest absolute Gasteiger partial charge is 0.317 e. The predicted octanol–water partition coefficient (Wildman–Crippen LogP) is 2.83. The van der Waals surface area contributed by atoms with Crippen molar-refractivity contribution < 1.29 is 18.7 Å². The number of likely N-dealkylation sites (tertiary alicyclic amines) is 1. The molecule has 2 atom stereocenters. The summed E-state index contributed by atoms with van der Waals surface area (Å²) in [5.41, 5.74) is 0.132. The Kier molecular flexibility index (Phi) is 5.34. The van der Waals surface area contributed by atoms with Crippen LogP contribution in [-0.2, 0) is 0 Å². The summed E-state index contributed by atoms with van der Waals surface area (Å²) in [5, 5.41) is 12.3. The number of piperidine rings is 1. The first-order valence-electron chi connectivity index (χ1n) is 7.57. The van der Waals surface area contributed by atoms with Gasteiger partial charge in [0.1, 0.15) is 0 Å². The van der Waals surface area contributed by atoms with E-state index in [1.807, 2.05) is 0 Å². The van der Waals surface area contributed by atoms with E-state index in [-0.39, 0.29) is 23.6 Å². The van der Waals surface area contributed by atoms with Crippen molar-refractivity contribution in [2.45, 2.75) is 38.8 Å². The first-order chi connectivity index (χ1) is 10.4. The predicted molar refractivity (Wildman–Crippen MR) is 79.3 cm³/mol. The van der Waals surface area contributed by atoms with Gasteiger partial charge in [-0.05, 0) is 38.7 Å². The molecule has 2 unspecified atom stereocenters. The van der Waals surface area contributed by atoms with Crippen LogP contribution in [0.3, 0.4) is 0 Å². The second kappa shape index (κ2) is 7.05. The van der Waals surface area contributed by atoms with E-state index < -0.39 is 17.7 Å². The number of carbonyl (C=O) groups is 1. The van der Waals surface area contributed by atoms with Crippen molar-refractivity contribution in [3.8, 4) is 0 Å². The van der Waals surface area contributed by atoms with Crippen LogP contribution in [0.5, 0.6) is 0 Å². The Morgan fingerprint density at radius 1 is 1.32 bits per heavy atom. The average Bonchev–Trinajstić information content (AvgIpc) is 2.50. The highest BCUT2D eigenvalue weighted by Crippen LogP contribution is 2.22. The SMILES string of the molecule is CC(NC(=O)N1CCC(C(C)O)CC1)c1cccc(F)c1F. The highest BCUT2D eigenvalue weighted by Gasteiger charge is 2.26. The molecule has 0 radical (unpaired) electrons. The van der Waals surface area contributed by atoms with Gasteiger partial charge in [0.2, 0.25) is 0 Å². The first kappa shape index (κ1) is 16.7. The molecule has 2 amide bonds. The average molecular weight is 312 g/mol. The molecule has 4 nitrogen and oxygen atoms in total. The molecule has 1 aromatic rings. The van der Waals surface area contributed by atoms with Crippen LogP contribution >= 0.6 is 0 Å². The van der Waals surface area contributed by atoms with E-state index in [1.165, 1.54) is 12.1 Å². The normalized spacial score (nSPS) is 18.9. The minimum atomic E-state index is -0.928. The highest BCUT2D eigenvalue weighted by molar-refractivity contribution is 5.74. The number of carbonyl (C=O) groups excluding carboxylic acids is 1. The molecule has 22 heavy (non-hydrogen) atoms. The number of aliphatic hydroxyl groups excluding tert-OH is 1. The summed E-state index contributed by atoms with van der Waals surface area (Å²) in [6.45, 7) is 4.49. The Morgan fingerprint density at radius 3 is 2.55 bits per heavy atom. The number of nitrogens with one attached hydrogen (secondary N) is 1. The van der Waals surface area contributed by atoms with Crippen LogP contribution in [0, 0.1) is 17.6 Å². The van der Waals surface area contributed by atoms with Crippen molar-refractivity contribution >= 4 is 6.03 Å². The molecular weight excluding hydrogens is 290 g/mol. The van der Waals surface area contributed by atoms with E-state index in [0.717, 1.165) is 18.9 Å². The molecule has 0 spiro atoms. The number of nitrogens with zero attached hydrogens (tertiary/aromatic N) is 1. The van der Waals surface area contributed by atoms with Crippen LogP contribution < -0.4 is 5.32 Å². The van der Waals surface area contributed by atoms with Crippen LogP contribution in [0.25, 0.3) is 0 Å². The second-order valence-corrected chi connectivity index (χ2v) is 5.88. The zero-order valence-electron chi connectivity index (χ0n) is 12.9. The summed E-state index contributed by atoms with van der Waals surface area (Å²) < 4.78 is 26.9. The molecule has 0 aromatic heterocycles. The molecule has 1 fully saturated rings. The van der Waals surface area contributed by atoms with E-state index in [1.54, 1.807) is 18.7 Å². The number of halogens is 2. The van der Waals surface area contributed by atoms with Crippen molar-refractivity contribution in [1.29, 1.82) is 0 Å². The molecule has 1 aliphatic rings. The van der Waals surface area contributed by atoms with E-state index in [2.05, 4.69) is 5.32 Å². The van der Waals surface area contributed by atoms with Crippen molar-refractivity contribution in [1.82, 2.24) is 10.2 Å². The summed E-state index contributed by atoms with van der Waals surface area (Å²) in [4.78, 5) is 13.8. The number of amides is 2. The Hall–Kier alpha value is -1.69. The van der Waals surface area contributed by atoms with Crippen molar-refractivity contribution in [2.24, 2.45) is 5.92 Å². The summed E-state index contributed by atoms with van der Waals surface area (Å²) in [7, 11) is 0. The van der Waals surface area contributed by atoms with Gasteiger partial charge in [0.25, 0.3) is 0 Å². The number of urea groups is 1. The largest absolute Gasteiger partial charge is 0.393 e. The molecule has 122 valence electrons. The molecule has 1 saturated heterocycles. The Labute approximate surface area is 129 Å². The number of benzene rings is 1. The number of hydrogen-bond donors (Lipinski definition) is 2. The molecular formula is C16H22F2N2O2. The van der Waals surface area contributed by atoms with Crippen LogP contribution in [0.4, 0.5) is 13.6 Å². The van der Waals surface area contributed by atoms with Gasteiger partial charge >= 0.3 is 6.03 Å². The maximum absolute atomic E-state index is 13.7. The molecule has 0 saturated carbocycles. The lowest BCUT2D eigenvalue weighted by Gasteiger charge is -2.34. The second-order valence-electron chi connectivity index (χ2n) is 5.88. The fourth-order valence-corrected chi connectivity index (χ4v) is 2.79. The van der Waals surface area contributed by atoms with Gasteiger partial charge < -0.3 is 15.3 Å². The Balaban J connectivity index is 1.93. The van der Waals surface area contributed by atoms with Crippen molar-refractivity contribution in [2.75, 3.05) is 13.1 Å². The van der Waals surface area contributed by atoms with E-state index >= 15 is 0 Å². The van der Waals surface area contributed by atoms with Crippen LogP contribution in [0.15, 0.2) is 18.2 Å². The Morgan fingerprint density at radius 2 is 1.95 bits per heavy atom. The maximum Gasteiger partial charge on any atom is 0.317 e. The van der Waals surface area contributed by atoms with Crippen LogP contribution in [0.1, 0.15) is 38.3 Å². The molecule has 2 N–H and O–H groups in total. The fourth-order valence-electron chi connectivity index (χ4n) is 2.79. The van der Waals surface area contributed by atoms with Crippen LogP contribution in [-0.4, -0.2) is 35.2 Å². The van der Waals surface area contributed by atoms with Gasteiger partial charge in [0.15, 0.2) is 11.6 Å². The van der Waals surface area contributed by atoms with Crippen molar-refractivity contribution in [3.05, 3.63) is 35.4 Å². The molecule has 2 rings (SSSR count). The van der Waals surface area contributed by atoms with Gasteiger partial charge in [0.05, 0.1) is 12.1 Å². The molecule has 6 heteroatoms. The van der Waals surface area contributed by atoms with Gasteiger partial charge in [-0.25, -0.2) is 13.6 Å². The van der Waals surface area contributed by atoms with Crippen LogP contribution in [0.2, 0.25) is 0 Å². The summed E-state index contributed by atoms with van der Waals surface area (Å²) in [6.07, 6.45) is 1.12. The highest BCUT2D eigenvalue weighted by atomic mass is 19.2. The third kappa shape index (κ3) is 3.74. The zero-order chi connectivity index (χ0) is 16.3. The maximum atomic E-state index is 13.7. The van der Waals surface area contributed by atoms with Gasteiger partial charge in [-0.15, -0.1) is 0 Å². The molecule has 1 aliphatic heterocycles. The van der Waals surface area contributed by atoms with Gasteiger partial charge in [-0.3, -0.25) is 0 Å². The minimum absolute atomic E-state index is 0.132.